The summed E-state index contributed by atoms with van der Waals surface area (Å²) in [4.78, 5) is 15.8. The summed E-state index contributed by atoms with van der Waals surface area (Å²) in [6.07, 6.45) is 0. The van der Waals surface area contributed by atoms with E-state index < -0.39 is 23.6 Å². The van der Waals surface area contributed by atoms with Gasteiger partial charge >= 0.3 is 0 Å². The van der Waals surface area contributed by atoms with Gasteiger partial charge in [0.15, 0.2) is 5.82 Å². The molecule has 1 heterocycles. The molecular formula is C12H11F2N3O2. The van der Waals surface area contributed by atoms with Crippen LogP contribution in [-0.2, 0) is 0 Å². The maximum atomic E-state index is 13.4. The van der Waals surface area contributed by atoms with Crippen molar-refractivity contribution in [2.45, 2.75) is 19.9 Å². The average Bonchev–Trinajstić information content (AvgIpc) is 2.75. The van der Waals surface area contributed by atoms with Crippen molar-refractivity contribution in [3.8, 4) is 0 Å². The van der Waals surface area contributed by atoms with E-state index in [9.17, 15) is 13.6 Å². The van der Waals surface area contributed by atoms with Crippen molar-refractivity contribution in [3.63, 3.8) is 0 Å². The second-order valence-electron chi connectivity index (χ2n) is 4.00. The van der Waals surface area contributed by atoms with Gasteiger partial charge in [0.2, 0.25) is 5.89 Å². The van der Waals surface area contributed by atoms with E-state index in [1.807, 2.05) is 0 Å². The van der Waals surface area contributed by atoms with Crippen LogP contribution in [0.15, 0.2) is 22.7 Å². The van der Waals surface area contributed by atoms with Crippen LogP contribution in [0.5, 0.6) is 0 Å². The van der Waals surface area contributed by atoms with Gasteiger partial charge in [0, 0.05) is 6.07 Å². The van der Waals surface area contributed by atoms with E-state index in [0.29, 0.717) is 11.9 Å². The molecule has 1 aromatic heterocycles. The van der Waals surface area contributed by atoms with Crippen molar-refractivity contribution in [3.05, 3.63) is 47.1 Å². The lowest BCUT2D eigenvalue weighted by Crippen LogP contribution is -2.27. The molecule has 0 aliphatic carbocycles. The number of aryl methyl sites for hydroxylation is 1. The number of amides is 1. The van der Waals surface area contributed by atoms with E-state index in [4.69, 9.17) is 4.52 Å². The Labute approximate surface area is 107 Å². The summed E-state index contributed by atoms with van der Waals surface area (Å²) in [6, 6.07) is 2.17. The zero-order valence-corrected chi connectivity index (χ0v) is 10.3. The van der Waals surface area contributed by atoms with Crippen molar-refractivity contribution >= 4 is 5.91 Å². The molecule has 1 unspecified atom stereocenters. The highest BCUT2D eigenvalue weighted by atomic mass is 19.1. The minimum absolute atomic E-state index is 0.216. The van der Waals surface area contributed by atoms with E-state index in [0.717, 1.165) is 12.1 Å². The first kappa shape index (κ1) is 13.1. The highest BCUT2D eigenvalue weighted by Gasteiger charge is 2.19. The maximum Gasteiger partial charge on any atom is 0.254 e. The number of nitrogens with one attached hydrogen (secondary N) is 1. The zero-order chi connectivity index (χ0) is 14.0. The third kappa shape index (κ3) is 2.93. The van der Waals surface area contributed by atoms with Crippen LogP contribution in [-0.4, -0.2) is 16.0 Å². The first-order valence-corrected chi connectivity index (χ1v) is 5.53. The predicted molar refractivity (Wildman–Crippen MR) is 61.3 cm³/mol. The van der Waals surface area contributed by atoms with Gasteiger partial charge in [-0.25, -0.2) is 8.78 Å². The molecule has 5 nitrogen and oxygen atoms in total. The molecule has 0 aliphatic rings. The number of halogens is 2. The van der Waals surface area contributed by atoms with Crippen LogP contribution in [0.3, 0.4) is 0 Å². The van der Waals surface area contributed by atoms with Crippen molar-refractivity contribution in [1.29, 1.82) is 0 Å². The fraction of sp³-hybridized carbons (Fsp3) is 0.250. The smallest absolute Gasteiger partial charge is 0.254 e. The molecule has 0 aliphatic heterocycles. The largest absolute Gasteiger partial charge is 0.340 e. The van der Waals surface area contributed by atoms with Gasteiger partial charge in [-0.3, -0.25) is 4.79 Å². The maximum absolute atomic E-state index is 13.4. The second kappa shape index (κ2) is 5.13. The Bertz CT molecular complexity index is 613. The van der Waals surface area contributed by atoms with Crippen LogP contribution >= 0.6 is 0 Å². The molecule has 0 fully saturated rings. The van der Waals surface area contributed by atoms with Crippen LogP contribution in [0, 0.1) is 18.6 Å². The number of nitrogens with zero attached hydrogens (tertiary/aromatic N) is 2. The molecule has 1 aromatic carbocycles. The molecule has 0 spiro atoms. The van der Waals surface area contributed by atoms with Crippen LogP contribution in [0.2, 0.25) is 0 Å². The fourth-order valence-corrected chi connectivity index (χ4v) is 1.50. The molecule has 1 N–H and O–H groups in total. The standard InChI is InChI=1S/C12H11F2N3O2/c1-6(12-16-7(2)17-19-12)15-11(18)9-4-3-8(13)5-10(9)14/h3-6H,1-2H3,(H,15,18). The highest BCUT2D eigenvalue weighted by molar-refractivity contribution is 5.94. The lowest BCUT2D eigenvalue weighted by Gasteiger charge is -2.10. The van der Waals surface area contributed by atoms with E-state index in [2.05, 4.69) is 15.5 Å². The topological polar surface area (TPSA) is 68.0 Å². The Morgan fingerprint density at radius 3 is 2.74 bits per heavy atom. The summed E-state index contributed by atoms with van der Waals surface area (Å²) in [5.41, 5.74) is -0.246. The SMILES string of the molecule is Cc1noc(C(C)NC(=O)c2ccc(F)cc2F)n1. The minimum Gasteiger partial charge on any atom is -0.340 e. The van der Waals surface area contributed by atoms with Gasteiger partial charge in [0.25, 0.3) is 5.91 Å². The van der Waals surface area contributed by atoms with Gasteiger partial charge in [0.1, 0.15) is 17.7 Å². The van der Waals surface area contributed by atoms with E-state index in [-0.39, 0.29) is 11.5 Å². The van der Waals surface area contributed by atoms with Gasteiger partial charge < -0.3 is 9.84 Å². The van der Waals surface area contributed by atoms with Gasteiger partial charge in [-0.15, -0.1) is 0 Å². The van der Waals surface area contributed by atoms with E-state index in [1.54, 1.807) is 13.8 Å². The first-order chi connectivity index (χ1) is 8.97. The number of carbonyl (C=O) groups excluding carboxylic acids is 1. The molecule has 1 amide bonds. The quantitative estimate of drug-likeness (QED) is 0.925. The third-order valence-electron chi connectivity index (χ3n) is 2.44. The van der Waals surface area contributed by atoms with Gasteiger partial charge in [-0.05, 0) is 26.0 Å². The Balaban J connectivity index is 2.12. The third-order valence-corrected chi connectivity index (χ3v) is 2.44. The number of aromatic nitrogens is 2. The molecule has 0 saturated carbocycles. The molecule has 100 valence electrons. The lowest BCUT2D eigenvalue weighted by atomic mass is 10.2. The van der Waals surface area contributed by atoms with Crippen LogP contribution in [0.1, 0.15) is 35.0 Å². The number of hydrogen-bond acceptors (Lipinski definition) is 4. The molecule has 7 heteroatoms. The van der Waals surface area contributed by atoms with Crippen LogP contribution in [0.4, 0.5) is 8.78 Å². The number of benzene rings is 1. The van der Waals surface area contributed by atoms with E-state index in [1.165, 1.54) is 0 Å². The van der Waals surface area contributed by atoms with Gasteiger partial charge in [0.05, 0.1) is 5.56 Å². The van der Waals surface area contributed by atoms with Crippen LogP contribution in [0.25, 0.3) is 0 Å². The normalized spacial score (nSPS) is 12.2. The Kier molecular flexibility index (Phi) is 3.55. The number of hydrogen-bond donors (Lipinski definition) is 1. The Morgan fingerprint density at radius 1 is 1.42 bits per heavy atom. The predicted octanol–water partition coefficient (Wildman–Crippen LogP) is 2.15. The molecule has 0 bridgehead atoms. The van der Waals surface area contributed by atoms with Gasteiger partial charge in [-0.2, -0.15) is 4.98 Å². The molecule has 2 aromatic rings. The Morgan fingerprint density at radius 2 is 2.16 bits per heavy atom. The summed E-state index contributed by atoms with van der Waals surface area (Å²) in [7, 11) is 0. The average molecular weight is 267 g/mol. The first-order valence-electron chi connectivity index (χ1n) is 5.53. The van der Waals surface area contributed by atoms with Crippen LogP contribution < -0.4 is 5.32 Å². The molecule has 0 saturated heterocycles. The Hall–Kier alpha value is -2.31. The van der Waals surface area contributed by atoms with E-state index >= 15 is 0 Å². The highest BCUT2D eigenvalue weighted by Crippen LogP contribution is 2.13. The summed E-state index contributed by atoms with van der Waals surface area (Å²) < 4.78 is 31.0. The molecule has 2 rings (SSSR count). The molecule has 1 atom stereocenters. The van der Waals surface area contributed by atoms with Crippen molar-refractivity contribution < 1.29 is 18.1 Å². The molecular weight excluding hydrogens is 256 g/mol. The fourth-order valence-electron chi connectivity index (χ4n) is 1.50. The van der Waals surface area contributed by atoms with Crippen molar-refractivity contribution in [2.75, 3.05) is 0 Å². The zero-order valence-electron chi connectivity index (χ0n) is 10.3. The summed E-state index contributed by atoms with van der Waals surface area (Å²) >= 11 is 0. The van der Waals surface area contributed by atoms with Crippen molar-refractivity contribution in [2.24, 2.45) is 0 Å². The lowest BCUT2D eigenvalue weighted by molar-refractivity contribution is 0.0928. The minimum atomic E-state index is -0.925. The molecule has 0 radical (unpaired) electrons. The monoisotopic (exact) mass is 267 g/mol. The number of rotatable bonds is 3. The van der Waals surface area contributed by atoms with Gasteiger partial charge in [-0.1, -0.05) is 5.16 Å². The van der Waals surface area contributed by atoms with Crippen molar-refractivity contribution in [1.82, 2.24) is 15.5 Å². The summed E-state index contributed by atoms with van der Waals surface area (Å²) in [5.74, 6) is -1.70. The molecule has 19 heavy (non-hydrogen) atoms. The second-order valence-corrected chi connectivity index (χ2v) is 4.00. The number of carbonyl (C=O) groups is 1. The summed E-state index contributed by atoms with van der Waals surface area (Å²) in [5, 5.41) is 6.07. The summed E-state index contributed by atoms with van der Waals surface area (Å²) in [6.45, 7) is 3.26.